The van der Waals surface area contributed by atoms with Crippen LogP contribution in [0.5, 0.6) is 0 Å². The van der Waals surface area contributed by atoms with Crippen molar-refractivity contribution in [2.75, 3.05) is 6.54 Å². The molecule has 0 saturated carbocycles. The predicted molar refractivity (Wildman–Crippen MR) is 49.8 cm³/mol. The van der Waals surface area contributed by atoms with Crippen molar-refractivity contribution < 1.29 is 9.90 Å². The van der Waals surface area contributed by atoms with Crippen molar-refractivity contribution in [3.8, 4) is 0 Å². The number of likely N-dealkylation sites (tertiary alicyclic amines) is 1. The van der Waals surface area contributed by atoms with Crippen LogP contribution in [0.1, 0.15) is 26.7 Å². The molecule has 1 saturated heterocycles. The highest BCUT2D eigenvalue weighted by atomic mass is 16.3. The Kier molecular flexibility index (Phi) is 3.27. The van der Waals surface area contributed by atoms with Crippen LogP contribution in [0.3, 0.4) is 0 Å². The Morgan fingerprint density at radius 2 is 2.23 bits per heavy atom. The van der Waals surface area contributed by atoms with Gasteiger partial charge >= 0.3 is 0 Å². The number of carbonyl (C=O) groups excluding carboxylic acids is 1. The molecule has 0 aromatic carbocycles. The summed E-state index contributed by atoms with van der Waals surface area (Å²) in [6.07, 6.45) is 0.936. The van der Waals surface area contributed by atoms with E-state index in [1.165, 1.54) is 4.90 Å². The molecule has 0 bridgehead atoms. The van der Waals surface area contributed by atoms with E-state index in [1.807, 2.05) is 13.8 Å². The van der Waals surface area contributed by atoms with Crippen LogP contribution >= 0.6 is 0 Å². The third kappa shape index (κ3) is 2.19. The Bertz CT molecular complexity index is 194. The number of hydrogen-bond acceptors (Lipinski definition) is 3. The van der Waals surface area contributed by atoms with E-state index < -0.39 is 12.3 Å². The summed E-state index contributed by atoms with van der Waals surface area (Å²) in [5, 5.41) is 9.44. The summed E-state index contributed by atoms with van der Waals surface area (Å²) in [5.74, 6) is 0.000278. The van der Waals surface area contributed by atoms with E-state index in [1.54, 1.807) is 0 Å². The average Bonchev–Trinajstić information content (AvgIpc) is 2.48. The minimum atomic E-state index is -0.614. The van der Waals surface area contributed by atoms with Crippen molar-refractivity contribution >= 4 is 5.91 Å². The highest BCUT2D eigenvalue weighted by Crippen LogP contribution is 2.16. The van der Waals surface area contributed by atoms with Crippen molar-refractivity contribution in [2.45, 2.75) is 39.0 Å². The molecule has 1 unspecified atom stereocenters. The van der Waals surface area contributed by atoms with E-state index >= 15 is 0 Å². The molecule has 1 amide bonds. The van der Waals surface area contributed by atoms with E-state index in [0.29, 0.717) is 13.0 Å². The van der Waals surface area contributed by atoms with Crippen molar-refractivity contribution in [1.29, 1.82) is 0 Å². The second-order valence-electron chi connectivity index (χ2n) is 3.92. The number of aliphatic hydroxyl groups excluding tert-OH is 1. The lowest BCUT2D eigenvalue weighted by molar-refractivity contribution is -0.140. The van der Waals surface area contributed by atoms with Gasteiger partial charge in [0.05, 0.1) is 6.04 Å². The number of nitrogens with zero attached hydrogens (tertiary/aromatic N) is 1. The topological polar surface area (TPSA) is 66.6 Å². The van der Waals surface area contributed by atoms with Gasteiger partial charge < -0.3 is 15.7 Å². The fourth-order valence-corrected chi connectivity index (χ4v) is 1.48. The van der Waals surface area contributed by atoms with E-state index in [-0.39, 0.29) is 11.8 Å². The predicted octanol–water partition coefficient (Wildman–Crippen LogP) is -0.0895. The third-order valence-electron chi connectivity index (χ3n) is 2.51. The number of nitrogens with two attached hydrogens (primary N) is 1. The van der Waals surface area contributed by atoms with Gasteiger partial charge in [-0.15, -0.1) is 0 Å². The first-order valence-corrected chi connectivity index (χ1v) is 4.78. The summed E-state index contributed by atoms with van der Waals surface area (Å²) < 4.78 is 0. The fraction of sp³-hybridized carbons (Fsp3) is 0.889. The maximum Gasteiger partial charge on any atom is 0.241 e. The highest BCUT2D eigenvalue weighted by molar-refractivity contribution is 5.82. The molecule has 0 aromatic rings. The zero-order chi connectivity index (χ0) is 10.0. The standard InChI is InChI=1S/C9H18N2O2/c1-6(2)8(10)9(13)11-5-3-4-7(11)12/h6-8,12H,3-5,10H2,1-2H3/t7?,8-/m0/s1. The van der Waals surface area contributed by atoms with Crippen molar-refractivity contribution in [3.63, 3.8) is 0 Å². The van der Waals surface area contributed by atoms with Crippen LogP contribution in [0.25, 0.3) is 0 Å². The van der Waals surface area contributed by atoms with Gasteiger partial charge in [0.1, 0.15) is 6.23 Å². The molecule has 2 atom stereocenters. The fourth-order valence-electron chi connectivity index (χ4n) is 1.48. The van der Waals surface area contributed by atoms with Gasteiger partial charge in [0.15, 0.2) is 0 Å². The zero-order valence-electron chi connectivity index (χ0n) is 8.23. The SMILES string of the molecule is CC(C)[C@H](N)C(=O)N1CCCC1O. The molecule has 0 aromatic heterocycles. The minimum Gasteiger partial charge on any atom is -0.374 e. The molecular formula is C9H18N2O2. The van der Waals surface area contributed by atoms with E-state index in [0.717, 1.165) is 6.42 Å². The second kappa shape index (κ2) is 4.07. The molecule has 76 valence electrons. The molecule has 1 aliphatic rings. The first-order valence-electron chi connectivity index (χ1n) is 4.78. The van der Waals surface area contributed by atoms with Crippen LogP contribution in [-0.2, 0) is 4.79 Å². The number of carbonyl (C=O) groups is 1. The normalized spacial score (nSPS) is 25.3. The van der Waals surface area contributed by atoms with E-state index in [4.69, 9.17) is 5.73 Å². The molecule has 1 rings (SSSR count). The van der Waals surface area contributed by atoms with Gasteiger partial charge in [-0.25, -0.2) is 0 Å². The van der Waals surface area contributed by atoms with Crippen molar-refractivity contribution in [3.05, 3.63) is 0 Å². The molecule has 13 heavy (non-hydrogen) atoms. The Morgan fingerprint density at radius 3 is 2.62 bits per heavy atom. The molecule has 4 nitrogen and oxygen atoms in total. The van der Waals surface area contributed by atoms with Crippen LogP contribution in [-0.4, -0.2) is 34.7 Å². The molecule has 0 aliphatic carbocycles. The summed E-state index contributed by atoms with van der Waals surface area (Å²) >= 11 is 0. The summed E-state index contributed by atoms with van der Waals surface area (Å²) in [5.41, 5.74) is 5.70. The van der Waals surface area contributed by atoms with Crippen LogP contribution in [0.2, 0.25) is 0 Å². The largest absolute Gasteiger partial charge is 0.374 e. The Morgan fingerprint density at radius 1 is 1.62 bits per heavy atom. The maximum absolute atomic E-state index is 11.6. The number of aliphatic hydroxyl groups is 1. The smallest absolute Gasteiger partial charge is 0.241 e. The minimum absolute atomic E-state index is 0.125. The van der Waals surface area contributed by atoms with Gasteiger partial charge in [-0.3, -0.25) is 4.79 Å². The van der Waals surface area contributed by atoms with E-state index in [9.17, 15) is 9.90 Å². The van der Waals surface area contributed by atoms with Gasteiger partial charge in [-0.05, 0) is 18.8 Å². The Hall–Kier alpha value is -0.610. The van der Waals surface area contributed by atoms with Gasteiger partial charge in [-0.1, -0.05) is 13.8 Å². The zero-order valence-corrected chi connectivity index (χ0v) is 8.23. The summed E-state index contributed by atoms with van der Waals surface area (Å²) in [6.45, 7) is 4.45. The summed E-state index contributed by atoms with van der Waals surface area (Å²) in [7, 11) is 0. The molecule has 1 heterocycles. The first-order chi connectivity index (χ1) is 6.04. The van der Waals surface area contributed by atoms with Crippen LogP contribution in [0, 0.1) is 5.92 Å². The van der Waals surface area contributed by atoms with Crippen LogP contribution < -0.4 is 5.73 Å². The number of hydrogen-bond donors (Lipinski definition) is 2. The van der Waals surface area contributed by atoms with Crippen molar-refractivity contribution in [1.82, 2.24) is 4.90 Å². The molecule has 0 radical (unpaired) electrons. The van der Waals surface area contributed by atoms with Crippen LogP contribution in [0.4, 0.5) is 0 Å². The Balaban J connectivity index is 2.56. The van der Waals surface area contributed by atoms with Gasteiger partial charge in [-0.2, -0.15) is 0 Å². The molecule has 1 aliphatic heterocycles. The van der Waals surface area contributed by atoms with Gasteiger partial charge in [0.2, 0.25) is 5.91 Å². The monoisotopic (exact) mass is 186 g/mol. The number of amides is 1. The second-order valence-corrected chi connectivity index (χ2v) is 3.92. The van der Waals surface area contributed by atoms with Crippen LogP contribution in [0.15, 0.2) is 0 Å². The maximum atomic E-state index is 11.6. The summed E-state index contributed by atoms with van der Waals surface area (Å²) in [4.78, 5) is 13.1. The lowest BCUT2D eigenvalue weighted by Gasteiger charge is -2.25. The first kappa shape index (κ1) is 10.5. The average molecular weight is 186 g/mol. The molecule has 4 heteroatoms. The molecule has 1 fully saturated rings. The molecule has 0 spiro atoms. The lowest BCUT2D eigenvalue weighted by atomic mass is 10.0. The van der Waals surface area contributed by atoms with E-state index in [2.05, 4.69) is 0 Å². The molecular weight excluding hydrogens is 168 g/mol. The quantitative estimate of drug-likeness (QED) is 0.633. The highest BCUT2D eigenvalue weighted by Gasteiger charge is 2.31. The summed E-state index contributed by atoms with van der Waals surface area (Å²) in [6, 6.07) is -0.479. The van der Waals surface area contributed by atoms with Gasteiger partial charge in [0, 0.05) is 6.54 Å². The molecule has 3 N–H and O–H groups in total. The number of rotatable bonds is 2. The van der Waals surface area contributed by atoms with Crippen molar-refractivity contribution in [2.24, 2.45) is 11.7 Å². The van der Waals surface area contributed by atoms with Gasteiger partial charge in [0.25, 0.3) is 0 Å². The lowest BCUT2D eigenvalue weighted by Crippen LogP contribution is -2.48. The Labute approximate surface area is 78.7 Å². The third-order valence-corrected chi connectivity index (χ3v) is 2.51.